The molecule has 0 saturated heterocycles. The fraction of sp³-hybridized carbons (Fsp3) is 0.217. The quantitative estimate of drug-likeness (QED) is 0.513. The summed E-state index contributed by atoms with van der Waals surface area (Å²) in [5.41, 5.74) is 4.65. The molecule has 0 amide bonds. The number of hydrogen-bond donors (Lipinski definition) is 2. The molecule has 152 valence electrons. The van der Waals surface area contributed by atoms with Gasteiger partial charge < -0.3 is 15.0 Å². The Bertz CT molecular complexity index is 1360. The number of anilines is 1. The predicted molar refractivity (Wildman–Crippen MR) is 119 cm³/mol. The number of fused-ring (bicyclic) bond motifs is 3. The van der Waals surface area contributed by atoms with Crippen LogP contribution in [-0.2, 0) is 6.54 Å². The summed E-state index contributed by atoms with van der Waals surface area (Å²) < 4.78 is 3.39. The van der Waals surface area contributed by atoms with Gasteiger partial charge in [0.05, 0.1) is 29.2 Å². The van der Waals surface area contributed by atoms with Crippen LogP contribution in [-0.4, -0.2) is 26.7 Å². The predicted octanol–water partition coefficient (Wildman–Crippen LogP) is 3.87. The Hall–Kier alpha value is -3.27. The number of benzene rings is 2. The zero-order chi connectivity index (χ0) is 21.4. The van der Waals surface area contributed by atoms with E-state index < -0.39 is 6.10 Å². The van der Waals surface area contributed by atoms with Crippen molar-refractivity contribution in [1.29, 1.82) is 5.26 Å². The van der Waals surface area contributed by atoms with Crippen molar-refractivity contribution in [2.75, 3.05) is 11.9 Å². The largest absolute Gasteiger partial charge is 0.389 e. The van der Waals surface area contributed by atoms with Gasteiger partial charge in [-0.2, -0.15) is 5.26 Å². The molecule has 0 aliphatic heterocycles. The summed E-state index contributed by atoms with van der Waals surface area (Å²) >= 11 is 6.17. The molecule has 0 aliphatic carbocycles. The standard InChI is InChI=1S/C23H21ClN4O2/c1-14-7-8-16(10-19(14)24)26-12-17(29)13-27-20-5-3-4-6-21(20)28-22(30)9-15(2)18(11-25)23(27)28/h3-10,17,26,29H,12-13H2,1-2H3. The molecule has 2 heterocycles. The maximum absolute atomic E-state index is 12.7. The third kappa shape index (κ3) is 3.43. The van der Waals surface area contributed by atoms with E-state index in [9.17, 15) is 15.2 Å². The topological polar surface area (TPSA) is 82.5 Å². The second kappa shape index (κ2) is 7.86. The summed E-state index contributed by atoms with van der Waals surface area (Å²) in [4.78, 5) is 12.7. The number of aromatic nitrogens is 2. The number of pyridine rings is 1. The Morgan fingerprint density at radius 1 is 1.13 bits per heavy atom. The average Bonchev–Trinajstić information content (AvgIpc) is 3.04. The van der Waals surface area contributed by atoms with Crippen LogP contribution in [0.25, 0.3) is 16.7 Å². The van der Waals surface area contributed by atoms with Gasteiger partial charge in [0.1, 0.15) is 11.7 Å². The molecule has 0 radical (unpaired) electrons. The van der Waals surface area contributed by atoms with E-state index in [0.717, 1.165) is 16.8 Å². The first kappa shape index (κ1) is 20.0. The van der Waals surface area contributed by atoms with Gasteiger partial charge in [0.2, 0.25) is 0 Å². The Labute approximate surface area is 178 Å². The van der Waals surface area contributed by atoms with E-state index in [0.29, 0.717) is 27.3 Å². The van der Waals surface area contributed by atoms with Gasteiger partial charge in [-0.3, -0.25) is 9.20 Å². The highest BCUT2D eigenvalue weighted by atomic mass is 35.5. The van der Waals surface area contributed by atoms with Crippen LogP contribution in [0, 0.1) is 25.2 Å². The van der Waals surface area contributed by atoms with Crippen molar-refractivity contribution in [2.24, 2.45) is 0 Å². The van der Waals surface area contributed by atoms with Crippen LogP contribution in [0.5, 0.6) is 0 Å². The van der Waals surface area contributed by atoms with Gasteiger partial charge in [-0.25, -0.2) is 0 Å². The lowest BCUT2D eigenvalue weighted by Gasteiger charge is -2.16. The fourth-order valence-corrected chi connectivity index (χ4v) is 3.92. The molecular formula is C23H21ClN4O2. The normalized spacial score (nSPS) is 12.2. The van der Waals surface area contributed by atoms with Crippen LogP contribution in [0.1, 0.15) is 16.7 Å². The van der Waals surface area contributed by atoms with Gasteiger partial charge >= 0.3 is 0 Å². The van der Waals surface area contributed by atoms with Gasteiger partial charge in [-0.15, -0.1) is 0 Å². The van der Waals surface area contributed by atoms with Crippen LogP contribution in [0.15, 0.2) is 53.3 Å². The van der Waals surface area contributed by atoms with Crippen molar-refractivity contribution in [3.8, 4) is 6.07 Å². The summed E-state index contributed by atoms with van der Waals surface area (Å²) in [5.74, 6) is 0. The third-order valence-corrected chi connectivity index (χ3v) is 5.69. The Balaban J connectivity index is 1.73. The lowest BCUT2D eigenvalue weighted by Crippen LogP contribution is -2.25. The molecule has 7 heteroatoms. The number of rotatable bonds is 5. The van der Waals surface area contributed by atoms with E-state index in [2.05, 4.69) is 11.4 Å². The van der Waals surface area contributed by atoms with Crippen LogP contribution in [0.2, 0.25) is 5.02 Å². The molecule has 0 saturated carbocycles. The van der Waals surface area contributed by atoms with Crippen molar-refractivity contribution in [3.63, 3.8) is 0 Å². The van der Waals surface area contributed by atoms with Crippen LogP contribution in [0.4, 0.5) is 5.69 Å². The number of aryl methyl sites for hydroxylation is 2. The monoisotopic (exact) mass is 420 g/mol. The summed E-state index contributed by atoms with van der Waals surface area (Å²) in [6.45, 7) is 4.19. The maximum atomic E-state index is 12.7. The summed E-state index contributed by atoms with van der Waals surface area (Å²) in [6.07, 6.45) is -0.758. The molecule has 0 fully saturated rings. The number of nitriles is 1. The minimum absolute atomic E-state index is 0.196. The number of halogens is 1. The average molecular weight is 421 g/mol. The van der Waals surface area contributed by atoms with E-state index >= 15 is 0 Å². The second-order valence-electron chi connectivity index (χ2n) is 7.41. The molecular weight excluding hydrogens is 400 g/mol. The number of nitrogens with one attached hydrogen (secondary N) is 1. The van der Waals surface area contributed by atoms with E-state index in [-0.39, 0.29) is 18.6 Å². The van der Waals surface area contributed by atoms with Crippen molar-refractivity contribution in [1.82, 2.24) is 8.97 Å². The minimum Gasteiger partial charge on any atom is -0.389 e. The highest BCUT2D eigenvalue weighted by Crippen LogP contribution is 2.24. The third-order valence-electron chi connectivity index (χ3n) is 5.28. The molecule has 1 atom stereocenters. The van der Waals surface area contributed by atoms with Gasteiger partial charge in [0.25, 0.3) is 5.56 Å². The Kier molecular flexibility index (Phi) is 5.25. The second-order valence-corrected chi connectivity index (χ2v) is 7.82. The van der Waals surface area contributed by atoms with Crippen LogP contribution in [0.3, 0.4) is 0 Å². The minimum atomic E-state index is -0.758. The molecule has 4 rings (SSSR count). The first-order valence-corrected chi connectivity index (χ1v) is 10.00. The lowest BCUT2D eigenvalue weighted by molar-refractivity contribution is 0.169. The molecule has 4 aromatic rings. The highest BCUT2D eigenvalue weighted by molar-refractivity contribution is 6.31. The number of aliphatic hydroxyl groups is 1. The Morgan fingerprint density at radius 3 is 2.57 bits per heavy atom. The van der Waals surface area contributed by atoms with Crippen LogP contribution < -0.4 is 10.9 Å². The number of aliphatic hydroxyl groups excluding tert-OH is 1. The molecule has 6 nitrogen and oxygen atoms in total. The van der Waals surface area contributed by atoms with E-state index in [4.69, 9.17) is 11.6 Å². The van der Waals surface area contributed by atoms with Gasteiger partial charge in [0, 0.05) is 23.3 Å². The smallest absolute Gasteiger partial charge is 0.257 e. The molecule has 1 unspecified atom stereocenters. The summed E-state index contributed by atoms with van der Waals surface area (Å²) in [5, 5.41) is 24.3. The van der Waals surface area contributed by atoms with Crippen molar-refractivity contribution in [2.45, 2.75) is 26.5 Å². The number of nitrogens with zero attached hydrogens (tertiary/aromatic N) is 3. The van der Waals surface area contributed by atoms with Crippen molar-refractivity contribution in [3.05, 3.63) is 80.6 Å². The molecule has 0 bridgehead atoms. The molecule has 2 N–H and O–H groups in total. The van der Waals surface area contributed by atoms with Crippen molar-refractivity contribution >= 4 is 34.0 Å². The van der Waals surface area contributed by atoms with Gasteiger partial charge in [-0.05, 0) is 49.2 Å². The van der Waals surface area contributed by atoms with E-state index in [1.54, 1.807) is 11.3 Å². The van der Waals surface area contributed by atoms with E-state index in [1.165, 1.54) is 6.07 Å². The van der Waals surface area contributed by atoms with Gasteiger partial charge in [-0.1, -0.05) is 29.8 Å². The number of imidazole rings is 1. The first-order chi connectivity index (χ1) is 14.4. The molecule has 0 aliphatic rings. The van der Waals surface area contributed by atoms with E-state index in [1.807, 2.05) is 54.0 Å². The zero-order valence-electron chi connectivity index (χ0n) is 16.7. The highest BCUT2D eigenvalue weighted by Gasteiger charge is 2.19. The van der Waals surface area contributed by atoms with Crippen molar-refractivity contribution < 1.29 is 5.11 Å². The molecule has 30 heavy (non-hydrogen) atoms. The first-order valence-electron chi connectivity index (χ1n) is 9.62. The fourth-order valence-electron chi connectivity index (χ4n) is 3.74. The number of para-hydroxylation sites is 2. The zero-order valence-corrected chi connectivity index (χ0v) is 17.4. The molecule has 0 spiro atoms. The van der Waals surface area contributed by atoms with Gasteiger partial charge in [0.15, 0.2) is 0 Å². The molecule has 2 aromatic heterocycles. The van der Waals surface area contributed by atoms with Crippen LogP contribution >= 0.6 is 11.6 Å². The summed E-state index contributed by atoms with van der Waals surface area (Å²) in [6, 6.07) is 16.8. The maximum Gasteiger partial charge on any atom is 0.257 e. The SMILES string of the molecule is Cc1ccc(NCC(O)Cn2c3ccccc3n3c(=O)cc(C)c(C#N)c23)cc1Cl. The summed E-state index contributed by atoms with van der Waals surface area (Å²) in [7, 11) is 0. The molecule has 2 aromatic carbocycles. The lowest BCUT2D eigenvalue weighted by atomic mass is 10.1. The number of hydrogen-bond acceptors (Lipinski definition) is 4. The Morgan fingerprint density at radius 2 is 1.87 bits per heavy atom.